The van der Waals surface area contributed by atoms with Crippen LogP contribution in [0.25, 0.3) is 0 Å². The molecule has 0 saturated heterocycles. The van der Waals surface area contributed by atoms with Crippen LogP contribution in [-0.2, 0) is 6.54 Å². The van der Waals surface area contributed by atoms with Gasteiger partial charge in [0.2, 0.25) is 0 Å². The second-order valence-electron chi connectivity index (χ2n) is 4.11. The number of rotatable bonds is 4. The lowest BCUT2D eigenvalue weighted by atomic mass is 10.2. The van der Waals surface area contributed by atoms with Gasteiger partial charge in [-0.15, -0.1) is 0 Å². The first kappa shape index (κ1) is 12.2. The highest BCUT2D eigenvalue weighted by Gasteiger charge is 2.01. The Morgan fingerprint density at radius 1 is 1.28 bits per heavy atom. The Hall–Kier alpha value is -2.23. The van der Waals surface area contributed by atoms with Crippen LogP contribution in [0, 0.1) is 6.92 Å². The topological polar surface area (TPSA) is 60.2 Å². The molecule has 1 aromatic carbocycles. The van der Waals surface area contributed by atoms with Crippen molar-refractivity contribution in [2.24, 2.45) is 0 Å². The van der Waals surface area contributed by atoms with Crippen molar-refractivity contribution in [1.82, 2.24) is 4.98 Å². The third-order valence-corrected chi connectivity index (χ3v) is 2.71. The van der Waals surface area contributed by atoms with Gasteiger partial charge in [-0.1, -0.05) is 6.07 Å². The standard InChI is InChI=1S/C14H17N3O/c1-10-3-4-11(8-16-10)9-17-14-6-5-12(18-2)7-13(14)15/h3-8,17H,9,15H2,1-2H3. The molecule has 3 N–H and O–H groups in total. The molecule has 0 unspecified atom stereocenters. The van der Waals surface area contributed by atoms with Crippen molar-refractivity contribution in [1.29, 1.82) is 0 Å². The number of aryl methyl sites for hydroxylation is 1. The summed E-state index contributed by atoms with van der Waals surface area (Å²) in [5.74, 6) is 0.759. The number of nitrogens with two attached hydrogens (primary N) is 1. The lowest BCUT2D eigenvalue weighted by Gasteiger charge is -2.10. The first-order chi connectivity index (χ1) is 8.69. The number of ether oxygens (including phenoxy) is 1. The van der Waals surface area contributed by atoms with Gasteiger partial charge >= 0.3 is 0 Å². The molecule has 0 spiro atoms. The third-order valence-electron chi connectivity index (χ3n) is 2.71. The fourth-order valence-corrected chi connectivity index (χ4v) is 1.63. The van der Waals surface area contributed by atoms with Gasteiger partial charge in [0.05, 0.1) is 18.5 Å². The lowest BCUT2D eigenvalue weighted by molar-refractivity contribution is 0.415. The number of pyridine rings is 1. The van der Waals surface area contributed by atoms with Gasteiger partial charge in [0.25, 0.3) is 0 Å². The van der Waals surface area contributed by atoms with E-state index >= 15 is 0 Å². The maximum atomic E-state index is 5.93. The Bertz CT molecular complexity index is 523. The molecule has 0 bridgehead atoms. The zero-order chi connectivity index (χ0) is 13.0. The molecule has 1 aromatic heterocycles. The number of nitrogen functional groups attached to an aromatic ring is 1. The van der Waals surface area contributed by atoms with Crippen LogP contribution < -0.4 is 15.8 Å². The van der Waals surface area contributed by atoms with Crippen molar-refractivity contribution < 1.29 is 4.74 Å². The van der Waals surface area contributed by atoms with Gasteiger partial charge in [0, 0.05) is 24.5 Å². The summed E-state index contributed by atoms with van der Waals surface area (Å²) in [7, 11) is 1.62. The van der Waals surface area contributed by atoms with E-state index in [-0.39, 0.29) is 0 Å². The zero-order valence-corrected chi connectivity index (χ0v) is 10.6. The van der Waals surface area contributed by atoms with Gasteiger partial charge < -0.3 is 15.8 Å². The van der Waals surface area contributed by atoms with E-state index in [4.69, 9.17) is 10.5 Å². The SMILES string of the molecule is COc1ccc(NCc2ccc(C)nc2)c(N)c1. The van der Waals surface area contributed by atoms with Gasteiger partial charge in [-0.05, 0) is 30.7 Å². The van der Waals surface area contributed by atoms with E-state index in [1.54, 1.807) is 13.2 Å². The van der Waals surface area contributed by atoms with Crippen molar-refractivity contribution in [2.75, 3.05) is 18.2 Å². The zero-order valence-electron chi connectivity index (χ0n) is 10.6. The number of hydrogen-bond acceptors (Lipinski definition) is 4. The van der Waals surface area contributed by atoms with E-state index in [0.717, 1.165) is 22.7 Å². The second kappa shape index (κ2) is 5.40. The van der Waals surface area contributed by atoms with E-state index in [2.05, 4.69) is 16.4 Å². The molecule has 0 aliphatic rings. The Morgan fingerprint density at radius 3 is 2.72 bits per heavy atom. The van der Waals surface area contributed by atoms with E-state index in [1.165, 1.54) is 0 Å². The molecule has 94 valence electrons. The Morgan fingerprint density at radius 2 is 2.11 bits per heavy atom. The number of anilines is 2. The molecule has 2 rings (SSSR count). The molecule has 4 nitrogen and oxygen atoms in total. The Balaban J connectivity index is 2.04. The maximum absolute atomic E-state index is 5.93. The molecule has 0 amide bonds. The van der Waals surface area contributed by atoms with Crippen LogP contribution in [0.3, 0.4) is 0 Å². The summed E-state index contributed by atoms with van der Waals surface area (Å²) in [5, 5.41) is 3.28. The first-order valence-corrected chi connectivity index (χ1v) is 5.78. The van der Waals surface area contributed by atoms with Crippen LogP contribution in [0.15, 0.2) is 36.5 Å². The van der Waals surface area contributed by atoms with Crippen molar-refractivity contribution in [3.05, 3.63) is 47.8 Å². The third kappa shape index (κ3) is 2.91. The molecule has 0 fully saturated rings. The smallest absolute Gasteiger partial charge is 0.121 e. The van der Waals surface area contributed by atoms with Crippen molar-refractivity contribution >= 4 is 11.4 Å². The van der Waals surface area contributed by atoms with E-state index in [9.17, 15) is 0 Å². The van der Waals surface area contributed by atoms with E-state index < -0.39 is 0 Å². The minimum Gasteiger partial charge on any atom is -0.497 e. The monoisotopic (exact) mass is 243 g/mol. The van der Waals surface area contributed by atoms with Crippen LogP contribution in [0.4, 0.5) is 11.4 Å². The minimum atomic E-state index is 0.675. The summed E-state index contributed by atoms with van der Waals surface area (Å²) in [4.78, 5) is 4.25. The number of aromatic nitrogens is 1. The second-order valence-corrected chi connectivity index (χ2v) is 4.11. The van der Waals surface area contributed by atoms with Gasteiger partial charge in [-0.3, -0.25) is 4.98 Å². The molecule has 0 aliphatic carbocycles. The number of methoxy groups -OCH3 is 1. The van der Waals surface area contributed by atoms with Crippen molar-refractivity contribution in [2.45, 2.75) is 13.5 Å². The number of hydrogen-bond donors (Lipinski definition) is 2. The molecule has 4 heteroatoms. The molecule has 0 radical (unpaired) electrons. The fourth-order valence-electron chi connectivity index (χ4n) is 1.63. The summed E-state index contributed by atoms with van der Waals surface area (Å²) >= 11 is 0. The molecule has 1 heterocycles. The van der Waals surface area contributed by atoms with Gasteiger partial charge in [-0.25, -0.2) is 0 Å². The average molecular weight is 243 g/mol. The van der Waals surface area contributed by atoms with Crippen LogP contribution in [0.2, 0.25) is 0 Å². The van der Waals surface area contributed by atoms with E-state index in [1.807, 2.05) is 31.3 Å². The highest BCUT2D eigenvalue weighted by atomic mass is 16.5. The quantitative estimate of drug-likeness (QED) is 0.810. The fraction of sp³-hybridized carbons (Fsp3) is 0.214. The van der Waals surface area contributed by atoms with Crippen molar-refractivity contribution in [3.8, 4) is 5.75 Å². The Labute approximate surface area is 107 Å². The summed E-state index contributed by atoms with van der Waals surface area (Å²) in [6.45, 7) is 2.67. The number of nitrogens with zero attached hydrogens (tertiary/aromatic N) is 1. The Kier molecular flexibility index (Phi) is 3.67. The highest BCUT2D eigenvalue weighted by Crippen LogP contribution is 2.24. The predicted molar refractivity (Wildman–Crippen MR) is 73.7 cm³/mol. The van der Waals surface area contributed by atoms with Crippen LogP contribution in [0.1, 0.15) is 11.3 Å². The molecule has 18 heavy (non-hydrogen) atoms. The number of benzene rings is 1. The molecule has 0 saturated carbocycles. The first-order valence-electron chi connectivity index (χ1n) is 5.78. The van der Waals surface area contributed by atoms with Crippen molar-refractivity contribution in [3.63, 3.8) is 0 Å². The van der Waals surface area contributed by atoms with Gasteiger partial charge in [0.15, 0.2) is 0 Å². The maximum Gasteiger partial charge on any atom is 0.121 e. The molecule has 0 atom stereocenters. The molecular weight excluding hydrogens is 226 g/mol. The summed E-state index contributed by atoms with van der Waals surface area (Å²) in [5.41, 5.74) is 9.64. The van der Waals surface area contributed by atoms with Gasteiger partial charge in [0.1, 0.15) is 5.75 Å². The summed E-state index contributed by atoms with van der Waals surface area (Å²) < 4.78 is 5.11. The van der Waals surface area contributed by atoms with Crippen LogP contribution in [-0.4, -0.2) is 12.1 Å². The van der Waals surface area contributed by atoms with Crippen LogP contribution >= 0.6 is 0 Å². The largest absolute Gasteiger partial charge is 0.497 e. The number of nitrogens with one attached hydrogen (secondary N) is 1. The normalized spacial score (nSPS) is 10.1. The lowest BCUT2D eigenvalue weighted by Crippen LogP contribution is -2.03. The highest BCUT2D eigenvalue weighted by molar-refractivity contribution is 5.68. The average Bonchev–Trinajstić information content (AvgIpc) is 2.39. The molecule has 0 aliphatic heterocycles. The van der Waals surface area contributed by atoms with Gasteiger partial charge in [-0.2, -0.15) is 0 Å². The summed E-state index contributed by atoms with van der Waals surface area (Å²) in [6, 6.07) is 9.64. The summed E-state index contributed by atoms with van der Waals surface area (Å²) in [6.07, 6.45) is 1.86. The minimum absolute atomic E-state index is 0.675. The molecule has 2 aromatic rings. The molecular formula is C14H17N3O. The predicted octanol–water partition coefficient (Wildman–Crippen LogP) is 2.59. The van der Waals surface area contributed by atoms with E-state index in [0.29, 0.717) is 12.2 Å². The van der Waals surface area contributed by atoms with Crippen LogP contribution in [0.5, 0.6) is 5.75 Å².